The number of carbonyl (C=O) groups is 1. The molecule has 0 aliphatic heterocycles. The largest absolute Gasteiger partial charge is 0.325 e. The molecule has 0 unspecified atom stereocenters. The summed E-state index contributed by atoms with van der Waals surface area (Å²) in [6, 6.07) is 7.95. The summed E-state index contributed by atoms with van der Waals surface area (Å²) in [6.07, 6.45) is 3.40. The number of aryl methyl sites for hydroxylation is 1. The standard InChI is InChI=1S/C16H20N4OS/c1-3-11-4-8-13(9-5-11)17-14(21)10-22-16-19-18-15(20(16)2)12-6-7-12/h4-5,8-9,12H,3,6-7,10H2,1-2H3,(H,17,21). The number of rotatable bonds is 6. The lowest BCUT2D eigenvalue weighted by Gasteiger charge is -2.06. The molecule has 1 aliphatic rings. The minimum Gasteiger partial charge on any atom is -0.325 e. The van der Waals surface area contributed by atoms with Crippen molar-refractivity contribution >= 4 is 23.4 Å². The second-order valence-corrected chi connectivity index (χ2v) is 6.50. The summed E-state index contributed by atoms with van der Waals surface area (Å²) < 4.78 is 2.01. The Kier molecular flexibility index (Phi) is 4.47. The van der Waals surface area contributed by atoms with Gasteiger partial charge < -0.3 is 9.88 Å². The van der Waals surface area contributed by atoms with E-state index in [4.69, 9.17) is 0 Å². The Balaban J connectivity index is 1.53. The summed E-state index contributed by atoms with van der Waals surface area (Å²) in [5, 5.41) is 12.1. The van der Waals surface area contributed by atoms with E-state index in [0.717, 1.165) is 23.1 Å². The summed E-state index contributed by atoms with van der Waals surface area (Å²) in [6.45, 7) is 2.11. The molecule has 1 heterocycles. The number of hydrogen-bond acceptors (Lipinski definition) is 4. The second-order valence-electron chi connectivity index (χ2n) is 5.56. The average Bonchev–Trinajstić information content (AvgIpc) is 3.30. The van der Waals surface area contributed by atoms with Crippen LogP contribution in [0.5, 0.6) is 0 Å². The van der Waals surface area contributed by atoms with Crippen molar-refractivity contribution in [1.29, 1.82) is 0 Å². The molecular weight excluding hydrogens is 296 g/mol. The van der Waals surface area contributed by atoms with Crippen molar-refractivity contribution in [3.05, 3.63) is 35.7 Å². The molecule has 5 nitrogen and oxygen atoms in total. The van der Waals surface area contributed by atoms with E-state index in [0.29, 0.717) is 11.7 Å². The van der Waals surface area contributed by atoms with Gasteiger partial charge in [0, 0.05) is 18.7 Å². The van der Waals surface area contributed by atoms with Gasteiger partial charge in [-0.3, -0.25) is 4.79 Å². The molecule has 1 aromatic heterocycles. The van der Waals surface area contributed by atoms with Gasteiger partial charge in [-0.25, -0.2) is 0 Å². The zero-order valence-corrected chi connectivity index (χ0v) is 13.7. The molecule has 6 heteroatoms. The smallest absolute Gasteiger partial charge is 0.234 e. The van der Waals surface area contributed by atoms with Crippen molar-refractivity contribution in [2.75, 3.05) is 11.1 Å². The maximum Gasteiger partial charge on any atom is 0.234 e. The van der Waals surface area contributed by atoms with Gasteiger partial charge in [0.1, 0.15) is 5.82 Å². The van der Waals surface area contributed by atoms with Crippen molar-refractivity contribution in [3.63, 3.8) is 0 Å². The molecule has 0 radical (unpaired) electrons. The van der Waals surface area contributed by atoms with Gasteiger partial charge in [-0.1, -0.05) is 30.8 Å². The highest BCUT2D eigenvalue weighted by atomic mass is 32.2. The van der Waals surface area contributed by atoms with Gasteiger partial charge in [-0.2, -0.15) is 0 Å². The highest BCUT2D eigenvalue weighted by Crippen LogP contribution is 2.39. The Morgan fingerprint density at radius 3 is 2.68 bits per heavy atom. The Morgan fingerprint density at radius 2 is 2.05 bits per heavy atom. The number of aromatic nitrogens is 3. The first kappa shape index (κ1) is 15.1. The van der Waals surface area contributed by atoms with Gasteiger partial charge in [-0.05, 0) is 37.0 Å². The first-order valence-corrected chi connectivity index (χ1v) is 8.56. The first-order valence-electron chi connectivity index (χ1n) is 7.58. The topological polar surface area (TPSA) is 59.8 Å². The Morgan fingerprint density at radius 1 is 1.32 bits per heavy atom. The number of hydrogen-bond donors (Lipinski definition) is 1. The number of nitrogens with one attached hydrogen (secondary N) is 1. The van der Waals surface area contributed by atoms with Crippen molar-refractivity contribution in [2.45, 2.75) is 37.3 Å². The average molecular weight is 316 g/mol. The van der Waals surface area contributed by atoms with E-state index in [1.54, 1.807) is 0 Å². The fourth-order valence-corrected chi connectivity index (χ4v) is 3.02. The Hall–Kier alpha value is -1.82. The molecule has 0 saturated heterocycles. The van der Waals surface area contributed by atoms with E-state index in [1.165, 1.54) is 30.2 Å². The molecule has 0 bridgehead atoms. The SMILES string of the molecule is CCc1ccc(NC(=O)CSc2nnc(C3CC3)n2C)cc1. The van der Waals surface area contributed by atoms with Crippen LogP contribution in [-0.2, 0) is 18.3 Å². The van der Waals surface area contributed by atoms with Crippen molar-refractivity contribution in [1.82, 2.24) is 14.8 Å². The lowest BCUT2D eigenvalue weighted by molar-refractivity contribution is -0.113. The lowest BCUT2D eigenvalue weighted by Crippen LogP contribution is -2.14. The third-order valence-electron chi connectivity index (χ3n) is 3.79. The highest BCUT2D eigenvalue weighted by molar-refractivity contribution is 7.99. The number of amides is 1. The Bertz CT molecular complexity index is 661. The minimum atomic E-state index is -0.0229. The van der Waals surface area contributed by atoms with E-state index < -0.39 is 0 Å². The van der Waals surface area contributed by atoms with Crippen LogP contribution in [0, 0.1) is 0 Å². The molecule has 116 valence electrons. The van der Waals surface area contributed by atoms with Crippen LogP contribution in [0.2, 0.25) is 0 Å². The zero-order valence-electron chi connectivity index (χ0n) is 12.9. The molecule has 3 rings (SSSR count). The van der Waals surface area contributed by atoms with Crippen LogP contribution in [-0.4, -0.2) is 26.4 Å². The molecule has 0 atom stereocenters. The fraction of sp³-hybridized carbons (Fsp3) is 0.438. The molecular formula is C16H20N4OS. The summed E-state index contributed by atoms with van der Waals surface area (Å²) in [4.78, 5) is 12.0. The molecule has 1 amide bonds. The van der Waals surface area contributed by atoms with Gasteiger partial charge in [-0.15, -0.1) is 10.2 Å². The quantitative estimate of drug-likeness (QED) is 0.832. The van der Waals surface area contributed by atoms with Crippen molar-refractivity contribution in [2.24, 2.45) is 7.05 Å². The monoisotopic (exact) mass is 316 g/mol. The Labute approximate surface area is 134 Å². The van der Waals surface area contributed by atoms with Crippen LogP contribution in [0.4, 0.5) is 5.69 Å². The molecule has 1 aliphatic carbocycles. The van der Waals surface area contributed by atoms with Gasteiger partial charge in [0.05, 0.1) is 5.75 Å². The highest BCUT2D eigenvalue weighted by Gasteiger charge is 2.29. The fourth-order valence-electron chi connectivity index (χ4n) is 2.30. The third kappa shape index (κ3) is 3.50. The van der Waals surface area contributed by atoms with E-state index in [-0.39, 0.29) is 5.91 Å². The lowest BCUT2D eigenvalue weighted by atomic mass is 10.1. The number of nitrogens with zero attached hydrogens (tertiary/aromatic N) is 3. The molecule has 1 saturated carbocycles. The predicted molar refractivity (Wildman–Crippen MR) is 88.2 cm³/mol. The maximum absolute atomic E-state index is 12.0. The van der Waals surface area contributed by atoms with Gasteiger partial charge in [0.25, 0.3) is 0 Å². The number of thioether (sulfide) groups is 1. The van der Waals surface area contributed by atoms with Crippen LogP contribution in [0.25, 0.3) is 0 Å². The molecule has 2 aromatic rings. The van der Waals surface area contributed by atoms with Crippen LogP contribution < -0.4 is 5.32 Å². The van der Waals surface area contributed by atoms with Crippen molar-refractivity contribution < 1.29 is 4.79 Å². The molecule has 1 N–H and O–H groups in total. The van der Waals surface area contributed by atoms with Crippen LogP contribution in [0.3, 0.4) is 0 Å². The molecule has 1 aromatic carbocycles. The van der Waals surface area contributed by atoms with E-state index in [9.17, 15) is 4.79 Å². The van der Waals surface area contributed by atoms with Gasteiger partial charge >= 0.3 is 0 Å². The van der Waals surface area contributed by atoms with Crippen LogP contribution in [0.1, 0.15) is 37.1 Å². The van der Waals surface area contributed by atoms with E-state index in [1.807, 2.05) is 35.9 Å². The summed E-state index contributed by atoms with van der Waals surface area (Å²) in [5.41, 5.74) is 2.10. The molecule has 1 fully saturated rings. The zero-order chi connectivity index (χ0) is 15.5. The first-order chi connectivity index (χ1) is 10.7. The number of anilines is 1. The summed E-state index contributed by atoms with van der Waals surface area (Å²) in [5.74, 6) is 1.92. The third-order valence-corrected chi connectivity index (χ3v) is 4.81. The summed E-state index contributed by atoms with van der Waals surface area (Å²) in [7, 11) is 1.97. The van der Waals surface area contributed by atoms with Gasteiger partial charge in [0.15, 0.2) is 5.16 Å². The number of carbonyl (C=O) groups excluding carboxylic acids is 1. The van der Waals surface area contributed by atoms with Crippen LogP contribution in [0.15, 0.2) is 29.4 Å². The van der Waals surface area contributed by atoms with E-state index in [2.05, 4.69) is 22.4 Å². The van der Waals surface area contributed by atoms with Crippen LogP contribution >= 0.6 is 11.8 Å². The van der Waals surface area contributed by atoms with Gasteiger partial charge in [0.2, 0.25) is 5.91 Å². The maximum atomic E-state index is 12.0. The molecule has 0 spiro atoms. The second kappa shape index (κ2) is 6.52. The number of benzene rings is 1. The minimum absolute atomic E-state index is 0.0229. The normalized spacial score (nSPS) is 14.1. The molecule has 22 heavy (non-hydrogen) atoms. The van der Waals surface area contributed by atoms with E-state index >= 15 is 0 Å². The summed E-state index contributed by atoms with van der Waals surface area (Å²) >= 11 is 1.43. The predicted octanol–water partition coefficient (Wildman–Crippen LogP) is 2.99. The van der Waals surface area contributed by atoms with Crippen molar-refractivity contribution in [3.8, 4) is 0 Å².